The van der Waals surface area contributed by atoms with E-state index in [0.717, 1.165) is 26.0 Å². The van der Waals surface area contributed by atoms with Gasteiger partial charge in [-0.25, -0.2) is 4.79 Å². The molecule has 3 aliphatic heterocycles. The van der Waals surface area contributed by atoms with E-state index >= 15 is 0 Å². The number of non-ortho nitro benzene ring substituents is 1. The molecule has 2 amide bonds. The molecule has 3 heterocycles. The van der Waals surface area contributed by atoms with Crippen LogP contribution in [0.4, 0.5) is 5.69 Å². The van der Waals surface area contributed by atoms with Gasteiger partial charge in [0.1, 0.15) is 72.8 Å². The number of aliphatic hydroxyl groups is 9. The Bertz CT molecular complexity index is 1490. The zero-order chi connectivity index (χ0) is 40.9. The largest absolute Gasteiger partial charge is 0.477 e. The third kappa shape index (κ3) is 9.99. The molecule has 24 heteroatoms. The van der Waals surface area contributed by atoms with Gasteiger partial charge >= 0.3 is 5.97 Å². The highest BCUT2D eigenvalue weighted by Gasteiger charge is 2.57. The van der Waals surface area contributed by atoms with E-state index in [1.54, 1.807) is 0 Å². The van der Waals surface area contributed by atoms with Crippen molar-refractivity contribution in [2.24, 2.45) is 0 Å². The number of rotatable bonds is 15. The van der Waals surface area contributed by atoms with Crippen LogP contribution in [0.5, 0.6) is 5.75 Å². The first-order chi connectivity index (χ1) is 25.8. The Morgan fingerprint density at radius 1 is 0.909 bits per heavy atom. The summed E-state index contributed by atoms with van der Waals surface area (Å²) >= 11 is 0. The fourth-order valence-electron chi connectivity index (χ4n) is 6.32. The molecular formula is C31H45N3O21. The minimum absolute atomic E-state index is 0.00448. The predicted octanol–water partition coefficient (Wildman–Crippen LogP) is -6.08. The summed E-state index contributed by atoms with van der Waals surface area (Å²) in [6.07, 6.45) is -25.2. The molecule has 16 unspecified atom stereocenters. The molecule has 310 valence electrons. The van der Waals surface area contributed by atoms with Gasteiger partial charge in [0, 0.05) is 32.4 Å². The molecule has 1 aromatic carbocycles. The molecule has 3 saturated heterocycles. The predicted molar refractivity (Wildman–Crippen MR) is 173 cm³/mol. The molecule has 0 aliphatic carbocycles. The van der Waals surface area contributed by atoms with E-state index in [4.69, 9.17) is 28.4 Å². The van der Waals surface area contributed by atoms with Crippen LogP contribution >= 0.6 is 0 Å². The molecule has 4 rings (SSSR count). The Morgan fingerprint density at radius 2 is 1.51 bits per heavy atom. The lowest BCUT2D eigenvalue weighted by atomic mass is 9.88. The van der Waals surface area contributed by atoms with Crippen molar-refractivity contribution >= 4 is 23.5 Å². The van der Waals surface area contributed by atoms with Crippen molar-refractivity contribution in [3.05, 3.63) is 34.4 Å². The maximum Gasteiger partial charge on any atom is 0.364 e. The van der Waals surface area contributed by atoms with Crippen LogP contribution in [0.2, 0.25) is 0 Å². The van der Waals surface area contributed by atoms with E-state index in [0.29, 0.717) is 0 Å². The summed E-state index contributed by atoms with van der Waals surface area (Å²) in [5.74, 6) is -6.20. The van der Waals surface area contributed by atoms with E-state index in [1.807, 2.05) is 0 Å². The minimum atomic E-state index is -2.88. The summed E-state index contributed by atoms with van der Waals surface area (Å²) in [5, 5.41) is 121. The van der Waals surface area contributed by atoms with Gasteiger partial charge in [-0.05, 0) is 12.1 Å². The van der Waals surface area contributed by atoms with Crippen molar-refractivity contribution in [2.45, 2.75) is 118 Å². The van der Waals surface area contributed by atoms with Crippen molar-refractivity contribution < 1.29 is 98.8 Å². The summed E-state index contributed by atoms with van der Waals surface area (Å²) in [4.78, 5) is 46.8. The quantitative estimate of drug-likeness (QED) is 0.0580. The molecule has 0 aromatic heterocycles. The number of carbonyl (C=O) groups is 3. The topological polar surface area (TPSA) is 376 Å². The Kier molecular flexibility index (Phi) is 14.8. The molecule has 0 bridgehead atoms. The number of nitrogens with one attached hydrogen (secondary N) is 2. The summed E-state index contributed by atoms with van der Waals surface area (Å²) in [6.45, 7) is -0.786. The van der Waals surface area contributed by atoms with Crippen LogP contribution in [-0.4, -0.2) is 191 Å². The number of carbonyl (C=O) groups excluding carboxylic acids is 2. The number of amides is 2. The SMILES string of the molecule is CC(=O)NC1C(Oc2ccc([N+](=O)[O-])cc2)OC(CO)C(OC2OC(COC3(C(=O)O)CC(O)C(NC(C)=O)C(C(O)C(O)CO)O3)C(O)C(O)C2O)C1O. The number of hydrogen-bond acceptors (Lipinski definition) is 20. The van der Waals surface area contributed by atoms with Gasteiger partial charge in [-0.1, -0.05) is 0 Å². The van der Waals surface area contributed by atoms with Crippen molar-refractivity contribution in [3.63, 3.8) is 0 Å². The lowest BCUT2D eigenvalue weighted by Crippen LogP contribution is -2.69. The lowest BCUT2D eigenvalue weighted by Gasteiger charge is -2.48. The van der Waals surface area contributed by atoms with Crippen LogP contribution in [0.15, 0.2) is 24.3 Å². The highest BCUT2D eigenvalue weighted by atomic mass is 16.8. The molecule has 1 aromatic rings. The maximum absolute atomic E-state index is 12.6. The summed E-state index contributed by atoms with van der Waals surface area (Å²) in [7, 11) is 0. The van der Waals surface area contributed by atoms with Crippen LogP contribution in [0.25, 0.3) is 0 Å². The number of ether oxygens (including phenoxy) is 6. The Morgan fingerprint density at radius 3 is 2.05 bits per heavy atom. The van der Waals surface area contributed by atoms with Crippen LogP contribution in [0.3, 0.4) is 0 Å². The fourth-order valence-corrected chi connectivity index (χ4v) is 6.32. The van der Waals surface area contributed by atoms with E-state index in [-0.39, 0.29) is 11.4 Å². The third-order valence-corrected chi connectivity index (χ3v) is 9.15. The number of hydrogen-bond donors (Lipinski definition) is 12. The van der Waals surface area contributed by atoms with Gasteiger partial charge in [0.15, 0.2) is 6.29 Å². The number of carboxylic acids is 1. The van der Waals surface area contributed by atoms with Crippen molar-refractivity contribution in [3.8, 4) is 5.75 Å². The Balaban J connectivity index is 1.54. The Labute approximate surface area is 310 Å². The summed E-state index contributed by atoms with van der Waals surface area (Å²) < 4.78 is 33.9. The van der Waals surface area contributed by atoms with Crippen LogP contribution in [0.1, 0.15) is 20.3 Å². The minimum Gasteiger partial charge on any atom is -0.477 e. The van der Waals surface area contributed by atoms with Crippen molar-refractivity contribution in [1.82, 2.24) is 10.6 Å². The standard InChI is InChI=1S/C31H45N3O21/c1-11(37)32-19-15(39)7-31(30(46)47,55-27(19)21(41)16(40)8-35)50-10-18-22(42)24(44)25(45)29(53-18)54-26-17(9-36)52-28(20(23(26)43)33-12(2)38)51-14-5-3-13(4-6-14)34(48)49/h3-6,15-29,35-36,39-45H,7-10H2,1-2H3,(H,32,37)(H,33,38)(H,46,47). The van der Waals surface area contributed by atoms with E-state index in [2.05, 4.69) is 10.6 Å². The second-order valence-electron chi connectivity index (χ2n) is 13.1. The normalized spacial score (nSPS) is 37.6. The monoisotopic (exact) mass is 795 g/mol. The van der Waals surface area contributed by atoms with Gasteiger partial charge in [0.2, 0.25) is 18.1 Å². The van der Waals surface area contributed by atoms with Gasteiger partial charge in [-0.3, -0.25) is 19.7 Å². The molecule has 0 radical (unpaired) electrons. The molecule has 12 N–H and O–H groups in total. The molecule has 3 fully saturated rings. The second kappa shape index (κ2) is 18.5. The summed E-state index contributed by atoms with van der Waals surface area (Å²) in [5.41, 5.74) is -0.266. The zero-order valence-corrected chi connectivity index (χ0v) is 29.2. The van der Waals surface area contributed by atoms with E-state index in [1.165, 1.54) is 12.1 Å². The number of nitrogens with zero attached hydrogens (tertiary/aromatic N) is 1. The van der Waals surface area contributed by atoms with E-state index < -0.39 is 147 Å². The molecule has 0 saturated carbocycles. The number of aliphatic carboxylic acids is 1. The first-order valence-electron chi connectivity index (χ1n) is 16.8. The number of benzene rings is 1. The lowest BCUT2D eigenvalue weighted by molar-refractivity contribution is -0.384. The average molecular weight is 796 g/mol. The number of carboxylic acid groups (broad SMARTS) is 1. The summed E-state index contributed by atoms with van der Waals surface area (Å²) in [6, 6.07) is 1.69. The van der Waals surface area contributed by atoms with Crippen molar-refractivity contribution in [2.75, 3.05) is 19.8 Å². The second-order valence-corrected chi connectivity index (χ2v) is 13.1. The molecule has 55 heavy (non-hydrogen) atoms. The average Bonchev–Trinajstić information content (AvgIpc) is 3.13. The Hall–Kier alpha value is -3.73. The zero-order valence-electron chi connectivity index (χ0n) is 29.2. The molecular weight excluding hydrogens is 750 g/mol. The molecule has 3 aliphatic rings. The van der Waals surface area contributed by atoms with Gasteiger partial charge in [-0.2, -0.15) is 0 Å². The number of aliphatic hydroxyl groups excluding tert-OH is 9. The van der Waals surface area contributed by atoms with E-state index in [9.17, 15) is 75.6 Å². The van der Waals surface area contributed by atoms with Gasteiger partial charge in [0.05, 0.1) is 36.9 Å². The van der Waals surface area contributed by atoms with Gasteiger partial charge in [-0.15, -0.1) is 0 Å². The van der Waals surface area contributed by atoms with Crippen LogP contribution in [-0.2, 0) is 38.1 Å². The van der Waals surface area contributed by atoms with Crippen LogP contribution < -0.4 is 15.4 Å². The number of nitro groups is 1. The molecule has 0 spiro atoms. The highest BCUT2D eigenvalue weighted by Crippen LogP contribution is 2.36. The van der Waals surface area contributed by atoms with Crippen molar-refractivity contribution in [1.29, 1.82) is 0 Å². The fraction of sp³-hybridized carbons (Fsp3) is 0.710. The maximum atomic E-state index is 12.6. The highest BCUT2D eigenvalue weighted by molar-refractivity contribution is 5.76. The third-order valence-electron chi connectivity index (χ3n) is 9.15. The first kappa shape index (κ1) is 44.0. The van der Waals surface area contributed by atoms with Gasteiger partial charge in [0.25, 0.3) is 11.5 Å². The molecule has 24 nitrogen and oxygen atoms in total. The van der Waals surface area contributed by atoms with Gasteiger partial charge < -0.3 is 90.1 Å². The first-order valence-corrected chi connectivity index (χ1v) is 16.8. The molecule has 16 atom stereocenters. The smallest absolute Gasteiger partial charge is 0.364 e. The van der Waals surface area contributed by atoms with Crippen LogP contribution in [0, 0.1) is 10.1 Å². The number of nitro benzene ring substituents is 1.